The molecule has 0 aliphatic carbocycles. The molecule has 0 saturated carbocycles. The van der Waals surface area contributed by atoms with Gasteiger partial charge >= 0.3 is 59.1 Å². The van der Waals surface area contributed by atoms with E-state index in [0.717, 1.165) is 24.3 Å². The van der Waals surface area contributed by atoms with Gasteiger partial charge in [-0.3, -0.25) is 38.8 Å². The normalized spacial score (nSPS) is 11.3. The van der Waals surface area contributed by atoms with E-state index in [0.29, 0.717) is 25.5 Å². The first-order valence-electron chi connectivity index (χ1n) is 14.5. The van der Waals surface area contributed by atoms with Crippen LogP contribution in [0.4, 0.5) is 17.1 Å². The number of hydrogen-bond acceptors (Lipinski definition) is 12. The fourth-order valence-corrected chi connectivity index (χ4v) is 8.40. The molecule has 3 unspecified atom stereocenters. The van der Waals surface area contributed by atoms with Gasteiger partial charge in [0.1, 0.15) is 20.0 Å². The van der Waals surface area contributed by atoms with Gasteiger partial charge in [-0.15, -0.1) is 12.6 Å². The predicted octanol–water partition coefficient (Wildman–Crippen LogP) is 7.35. The number of rotatable bonds is 6. The molecule has 324 valence electrons. The maximum atomic E-state index is 10.7. The minimum Gasteiger partial charge on any atom is -0.768 e. The van der Waals surface area contributed by atoms with Crippen LogP contribution in [-0.4, -0.2) is 41.1 Å². The summed E-state index contributed by atoms with van der Waals surface area (Å²) in [6.07, 6.45) is 0. The van der Waals surface area contributed by atoms with Crippen LogP contribution in [0.1, 0.15) is 5.56 Å². The van der Waals surface area contributed by atoms with Crippen molar-refractivity contribution in [2.24, 2.45) is 0 Å². The Morgan fingerprint density at radius 3 is 1.08 bits per heavy atom. The molecule has 5 aromatic rings. The number of thiol groups is 1. The molecule has 0 aromatic heterocycles. The molecule has 5 aromatic carbocycles. The van der Waals surface area contributed by atoms with Crippen molar-refractivity contribution in [1.29, 1.82) is 0 Å². The summed E-state index contributed by atoms with van der Waals surface area (Å²) >= 11 is 52.3. The minimum atomic E-state index is -2.70. The molecule has 62 heavy (non-hydrogen) atoms. The number of nitro groups is 3. The third-order valence-electron chi connectivity index (χ3n) is 6.31. The van der Waals surface area contributed by atoms with E-state index in [-0.39, 0.29) is 99.7 Å². The van der Waals surface area contributed by atoms with Crippen molar-refractivity contribution >= 4 is 179 Å². The van der Waals surface area contributed by atoms with Crippen LogP contribution in [0.5, 0.6) is 0 Å². The van der Waals surface area contributed by atoms with Gasteiger partial charge in [0.25, 0.3) is 17.1 Å². The van der Waals surface area contributed by atoms with Gasteiger partial charge < -0.3 is 13.7 Å². The van der Waals surface area contributed by atoms with Crippen LogP contribution in [0, 0.1) is 37.3 Å². The third-order valence-corrected chi connectivity index (χ3v) is 13.6. The van der Waals surface area contributed by atoms with E-state index >= 15 is 0 Å². The predicted molar refractivity (Wildman–Crippen MR) is 238 cm³/mol. The van der Waals surface area contributed by atoms with Crippen LogP contribution in [0.2, 0.25) is 50.2 Å². The fourth-order valence-electron chi connectivity index (χ4n) is 3.56. The Hall–Kier alpha value is -0.120. The van der Waals surface area contributed by atoms with Gasteiger partial charge in [-0.05, 0) is 77.1 Å². The van der Waals surface area contributed by atoms with Gasteiger partial charge in [-0.25, -0.2) is 4.21 Å². The summed E-state index contributed by atoms with van der Waals surface area (Å²) in [5.41, 5.74) is -0.519. The summed E-state index contributed by atoms with van der Waals surface area (Å²) in [6, 6.07) is 16.9. The van der Waals surface area contributed by atoms with Crippen LogP contribution >= 0.6 is 129 Å². The molecule has 15 nitrogen and oxygen atoms in total. The molecular weight excluding hydrogens is 1140 g/mol. The zero-order valence-electron chi connectivity index (χ0n) is 30.7. The molecule has 0 fully saturated rings. The molecule has 0 saturated heterocycles. The molecule has 3 atom stereocenters. The maximum absolute atomic E-state index is 10.7. The smallest absolute Gasteiger partial charge is 0.768 e. The Morgan fingerprint density at radius 1 is 0.484 bits per heavy atom. The van der Waals surface area contributed by atoms with E-state index in [2.05, 4.69) is 12.6 Å². The van der Waals surface area contributed by atoms with Crippen molar-refractivity contribution in [1.82, 2.24) is 0 Å². The molecule has 0 amide bonds. The van der Waals surface area contributed by atoms with Gasteiger partial charge in [-0.1, -0.05) is 128 Å². The van der Waals surface area contributed by atoms with E-state index in [1.807, 2.05) is 0 Å². The van der Waals surface area contributed by atoms with E-state index in [9.17, 15) is 52.1 Å². The maximum Gasteiger partial charge on any atom is 1.00 e. The summed E-state index contributed by atoms with van der Waals surface area (Å²) in [6.45, 7) is 1.64. The average Bonchev–Trinajstić information content (AvgIpc) is 3.13. The molecule has 5 rings (SSSR count). The van der Waals surface area contributed by atoms with Crippen molar-refractivity contribution in [3.63, 3.8) is 0 Å². The second-order valence-corrected chi connectivity index (χ2v) is 17.1. The second-order valence-electron chi connectivity index (χ2n) is 10.0. The average molecular weight is 1150 g/mol. The van der Waals surface area contributed by atoms with Crippen LogP contribution in [-0.2, 0) is 33.2 Å². The number of hydrogen-bond donors (Lipinski definition) is 2. The Bertz CT molecular complexity index is 2380. The molecule has 0 aliphatic heterocycles. The zero-order chi connectivity index (χ0) is 46.3. The zero-order valence-corrected chi connectivity index (χ0v) is 45.6. The largest absolute Gasteiger partial charge is 1.00 e. The molecule has 0 bridgehead atoms. The van der Waals surface area contributed by atoms with Crippen LogP contribution in [0.15, 0.2) is 92.4 Å². The molecule has 0 spiro atoms. The molecular formula is C31H17Cl10N3Na2O12S4. The minimum absolute atomic E-state index is 0. The molecule has 0 heterocycles. The number of nitro benzene ring substituents is 3. The molecule has 1 N–H and O–H groups in total. The summed E-state index contributed by atoms with van der Waals surface area (Å²) in [5, 5.41) is 32.0. The van der Waals surface area contributed by atoms with Crippen molar-refractivity contribution < 1.29 is 100 Å². The van der Waals surface area contributed by atoms with Crippen LogP contribution in [0.3, 0.4) is 0 Å². The van der Waals surface area contributed by atoms with Crippen LogP contribution < -0.4 is 59.1 Å². The van der Waals surface area contributed by atoms with E-state index < -0.39 is 74.3 Å². The van der Waals surface area contributed by atoms with Gasteiger partial charge in [0, 0.05) is 28.1 Å². The first kappa shape index (κ1) is 64.0. The van der Waals surface area contributed by atoms with E-state index in [1.54, 1.807) is 31.2 Å². The first-order chi connectivity index (χ1) is 27.8. The van der Waals surface area contributed by atoms with Crippen molar-refractivity contribution in [2.75, 3.05) is 0 Å². The fraction of sp³-hybridized carbons (Fsp3) is 0.0323. The quantitative estimate of drug-likeness (QED) is 0.0557. The standard InChI is InChI=1S/C7H5Cl2NO2.2C6H3Cl2NO4S.C6H4Cl2O2S.C6H4Cl2S.2Na/c1-4-5(8)2-3-6(7(4)9)10(11)12;2*7-3-1-2-4(9(10)11)5(8)6(3)14(12)13;7-4-2-1-3-5(8)6(4)11(9)10;7-4-2-1-3-5(8)6(4)9;;/h2-3H,1H3;2*1-2H,(H,12,13);1-3H,(H,9,10);1-3,9H;;/q;;;;;2*+1/p-2. The van der Waals surface area contributed by atoms with Gasteiger partial charge in [-0.2, -0.15) is 0 Å². The summed E-state index contributed by atoms with van der Waals surface area (Å²) < 4.78 is 61.7. The third kappa shape index (κ3) is 19.6. The number of nitrogens with zero attached hydrogens (tertiary/aromatic N) is 3. The van der Waals surface area contributed by atoms with Crippen LogP contribution in [0.25, 0.3) is 0 Å². The van der Waals surface area contributed by atoms with Crippen molar-refractivity contribution in [3.8, 4) is 0 Å². The van der Waals surface area contributed by atoms with Crippen molar-refractivity contribution in [3.05, 3.63) is 159 Å². The number of halogens is 10. The molecule has 31 heteroatoms. The second kappa shape index (κ2) is 31.0. The Labute approximate surface area is 458 Å². The van der Waals surface area contributed by atoms with E-state index in [4.69, 9.17) is 121 Å². The van der Waals surface area contributed by atoms with Gasteiger partial charge in [0.05, 0.1) is 54.7 Å². The molecule has 0 aliphatic rings. The van der Waals surface area contributed by atoms with Gasteiger partial charge in [0.15, 0.2) is 11.1 Å². The topological polar surface area (TPSA) is 247 Å². The first-order valence-corrected chi connectivity index (χ1v) is 22.0. The van der Waals surface area contributed by atoms with E-state index in [1.165, 1.54) is 24.3 Å². The summed E-state index contributed by atoms with van der Waals surface area (Å²) in [7, 11) is 0. The Balaban J connectivity index is 0. The van der Waals surface area contributed by atoms with Gasteiger partial charge in [0.2, 0.25) is 0 Å². The van der Waals surface area contributed by atoms with Crippen molar-refractivity contribution in [2.45, 2.75) is 26.5 Å². The summed E-state index contributed by atoms with van der Waals surface area (Å²) in [4.78, 5) is 28.9. The monoisotopic (exact) mass is 1150 g/mol. The Morgan fingerprint density at radius 2 is 0.774 bits per heavy atom. The Kier molecular flexibility index (Phi) is 32.0. The summed E-state index contributed by atoms with van der Waals surface area (Å²) in [5.74, 6) is 0. The number of benzene rings is 5. The SMILES string of the molecule is Cc1c(Cl)ccc([N+](=O)[O-])c1Cl.O=S([O-])c1c(Cl)cccc1Cl.O=[N+]([O-])c1ccc(Cl)c(S(=O)O)c1Cl.O=[N+]([O-])c1ccc(Cl)c(S(=O)[O-])c1Cl.Sc1c(Cl)cccc1Cl.[Na+].[Na+]. The molecule has 0 radical (unpaired) electrons.